The van der Waals surface area contributed by atoms with Crippen LogP contribution in [0.3, 0.4) is 0 Å². The molecule has 0 amide bonds. The van der Waals surface area contributed by atoms with Gasteiger partial charge in [0.05, 0.1) is 0 Å². The summed E-state index contributed by atoms with van der Waals surface area (Å²) in [4.78, 5) is 0. The van der Waals surface area contributed by atoms with E-state index in [1.54, 1.807) is 23.3 Å². The summed E-state index contributed by atoms with van der Waals surface area (Å²) in [7, 11) is 0. The minimum Gasteiger partial charge on any atom is -1.00 e. The Morgan fingerprint density at radius 3 is 1.21 bits per heavy atom. The Hall–Kier alpha value is -1.64. The molecule has 6 heteroatoms. The summed E-state index contributed by atoms with van der Waals surface area (Å²) in [6.07, 6.45) is 26.3. The Balaban J connectivity index is 0.000000250. The minimum absolute atomic E-state index is 0. The van der Waals surface area contributed by atoms with Crippen LogP contribution in [0, 0.1) is 24.7 Å². The van der Waals surface area contributed by atoms with E-state index in [2.05, 4.69) is 125 Å². The number of benzene rings is 2. The standard InChI is InChI=1S/2C17H14Cl.C2H6Si.2ClH.Zr/c2*1-12-10-14-4-2-3-5-16(17(14)11-12)13-6-8-15(18)9-7-13;1-3-2;;;/h2*2-12H,1H3;1-2H3;2*1H;/q2*-1;;;;+2/p-2. The third kappa shape index (κ3) is 10.2. The Morgan fingerprint density at radius 1 is 0.571 bits per heavy atom. The summed E-state index contributed by atoms with van der Waals surface area (Å²) in [5, 5.41) is 1.55. The van der Waals surface area contributed by atoms with Gasteiger partial charge in [-0.15, -0.1) is 35.5 Å². The fraction of sp³-hybridized carbons (Fsp3) is 0.167. The van der Waals surface area contributed by atoms with Crippen LogP contribution in [0.25, 0.3) is 11.1 Å². The maximum absolute atomic E-state index is 5.95. The third-order valence-electron chi connectivity index (χ3n) is 6.56. The van der Waals surface area contributed by atoms with Crippen molar-refractivity contribution >= 4 is 39.8 Å². The van der Waals surface area contributed by atoms with E-state index >= 15 is 0 Å². The van der Waals surface area contributed by atoms with Crippen LogP contribution in [0.2, 0.25) is 23.1 Å². The van der Waals surface area contributed by atoms with Crippen molar-refractivity contribution in [3.63, 3.8) is 0 Å². The summed E-state index contributed by atoms with van der Waals surface area (Å²) in [6.45, 7) is 9.04. The Morgan fingerprint density at radius 2 is 0.881 bits per heavy atom. The summed E-state index contributed by atoms with van der Waals surface area (Å²) in [5.41, 5.74) is 10.5. The van der Waals surface area contributed by atoms with Crippen LogP contribution in [-0.4, -0.2) is 5.43 Å². The van der Waals surface area contributed by atoms with Gasteiger partial charge in [0.15, 0.2) is 0 Å². The number of fused-ring (bicyclic) bond motifs is 2. The minimum atomic E-state index is 0. The molecule has 6 rings (SSSR count). The van der Waals surface area contributed by atoms with Crippen LogP contribution < -0.4 is 24.8 Å². The number of allylic oxidation sites excluding steroid dienone is 16. The van der Waals surface area contributed by atoms with Gasteiger partial charge in [-0.1, -0.05) is 109 Å². The van der Waals surface area contributed by atoms with E-state index in [1.807, 2.05) is 24.3 Å². The number of hydrogen-bond acceptors (Lipinski definition) is 0. The van der Waals surface area contributed by atoms with Crippen molar-refractivity contribution in [3.05, 3.63) is 166 Å². The number of hydrogen-bond donors (Lipinski definition) is 0. The molecule has 2 unspecified atom stereocenters. The predicted molar refractivity (Wildman–Crippen MR) is 174 cm³/mol. The Bertz CT molecular complexity index is 1390. The zero-order chi connectivity index (χ0) is 28.6. The molecule has 0 saturated heterocycles. The van der Waals surface area contributed by atoms with Gasteiger partial charge in [-0.2, -0.15) is 36.1 Å². The molecule has 0 nitrogen and oxygen atoms in total. The number of halogens is 4. The van der Waals surface area contributed by atoms with Crippen molar-refractivity contribution in [1.82, 2.24) is 0 Å². The molecule has 2 aromatic carbocycles. The van der Waals surface area contributed by atoms with Gasteiger partial charge in [-0.25, -0.2) is 0 Å². The number of rotatable bonds is 2. The van der Waals surface area contributed by atoms with Crippen molar-refractivity contribution in [3.8, 4) is 0 Å². The molecule has 2 atom stereocenters. The Labute approximate surface area is 289 Å². The first kappa shape index (κ1) is 36.6. The van der Waals surface area contributed by atoms with E-state index in [9.17, 15) is 0 Å². The molecule has 0 aromatic heterocycles. The maximum Gasteiger partial charge on any atom is -1.00 e. The summed E-state index contributed by atoms with van der Waals surface area (Å²) in [5.74, 6) is 1.02. The van der Waals surface area contributed by atoms with Crippen molar-refractivity contribution in [2.45, 2.75) is 26.9 Å². The quantitative estimate of drug-likeness (QED) is 0.309. The fourth-order valence-corrected chi connectivity index (χ4v) is 5.16. The third-order valence-corrected chi connectivity index (χ3v) is 7.06. The smallest absolute Gasteiger partial charge is 1.00 e. The maximum atomic E-state index is 5.95. The van der Waals surface area contributed by atoms with E-state index in [1.165, 1.54) is 44.6 Å². The van der Waals surface area contributed by atoms with Crippen molar-refractivity contribution in [2.24, 2.45) is 11.8 Å². The van der Waals surface area contributed by atoms with Crippen molar-refractivity contribution in [1.29, 1.82) is 0 Å². The molecule has 4 aliphatic rings. The second-order valence-electron chi connectivity index (χ2n) is 10.4. The molecule has 216 valence electrons. The molecule has 2 aromatic rings. The van der Waals surface area contributed by atoms with Gasteiger partial charge in [0.1, 0.15) is 0 Å². The summed E-state index contributed by atoms with van der Waals surface area (Å²) >= 11 is 13.6. The van der Waals surface area contributed by atoms with Crippen LogP contribution in [0.4, 0.5) is 0 Å². The second kappa shape index (κ2) is 17.6. The first-order chi connectivity index (χ1) is 19.2. The molecule has 0 bridgehead atoms. The van der Waals surface area contributed by atoms with Gasteiger partial charge in [0, 0.05) is 10.0 Å². The molecule has 0 radical (unpaired) electrons. The molecule has 4 aliphatic carbocycles. The first-order valence-electron chi connectivity index (χ1n) is 13.6. The predicted octanol–water partition coefficient (Wildman–Crippen LogP) is 4.79. The van der Waals surface area contributed by atoms with Crippen LogP contribution in [-0.2, 0) is 23.3 Å². The van der Waals surface area contributed by atoms with Crippen LogP contribution in [0.5, 0.6) is 0 Å². The zero-order valence-electron chi connectivity index (χ0n) is 24.2. The van der Waals surface area contributed by atoms with Crippen LogP contribution in [0.15, 0.2) is 132 Å². The fourth-order valence-electron chi connectivity index (χ4n) is 4.91. The van der Waals surface area contributed by atoms with Gasteiger partial charge in [0.2, 0.25) is 0 Å². The molecule has 0 aliphatic heterocycles. The van der Waals surface area contributed by atoms with Gasteiger partial charge in [0.25, 0.3) is 0 Å². The van der Waals surface area contributed by atoms with Gasteiger partial charge in [-0.05, 0) is 35.4 Å². The van der Waals surface area contributed by atoms with E-state index in [-0.39, 0.29) is 30.2 Å². The first-order valence-corrected chi connectivity index (χ1v) is 20.5. The normalized spacial score (nSPS) is 19.0. The summed E-state index contributed by atoms with van der Waals surface area (Å²) < 4.78 is 0. The molecule has 0 heterocycles. The zero-order valence-corrected chi connectivity index (χ0v) is 30.7. The molecule has 0 saturated carbocycles. The summed E-state index contributed by atoms with van der Waals surface area (Å²) in [6, 6.07) is 16.1. The van der Waals surface area contributed by atoms with E-state index in [0.717, 1.165) is 10.0 Å². The molecule has 0 N–H and O–H groups in total. The van der Waals surface area contributed by atoms with Gasteiger partial charge in [-0.3, -0.25) is 0 Å². The van der Waals surface area contributed by atoms with E-state index < -0.39 is 0 Å². The molecule has 0 fully saturated rings. The molecule has 42 heavy (non-hydrogen) atoms. The largest absolute Gasteiger partial charge is 1.00 e. The van der Waals surface area contributed by atoms with Crippen LogP contribution in [0.1, 0.15) is 25.0 Å². The Kier molecular flexibility index (Phi) is 15.3. The molecular weight excluding hydrogens is 694 g/mol. The van der Waals surface area contributed by atoms with Gasteiger partial charge < -0.3 is 24.8 Å². The van der Waals surface area contributed by atoms with E-state index in [0.29, 0.717) is 11.8 Å². The van der Waals surface area contributed by atoms with Crippen LogP contribution >= 0.6 is 23.2 Å². The molecular formula is C36H34Cl4SiZr-2. The topological polar surface area (TPSA) is 0 Å². The average molecular weight is 728 g/mol. The van der Waals surface area contributed by atoms with E-state index in [4.69, 9.17) is 23.2 Å². The molecule has 0 spiro atoms. The van der Waals surface area contributed by atoms with Crippen molar-refractivity contribution in [2.75, 3.05) is 0 Å². The second-order valence-corrected chi connectivity index (χ2v) is 20.6. The average Bonchev–Trinajstić information content (AvgIpc) is 3.32. The van der Waals surface area contributed by atoms with Crippen molar-refractivity contribution < 1.29 is 48.1 Å². The monoisotopic (exact) mass is 724 g/mol. The van der Waals surface area contributed by atoms with Gasteiger partial charge >= 0.3 is 41.9 Å². The SMILES string of the molecule is CC1C=C2C(=CC=CC=C2c2ccc(Cl)cc2)[CH-]1.CC1C=C2C(=CC=CC=C2c2ccc(Cl)cc2)[CH-]1.C[Si](C)=[Zr+2].[Cl-].[Cl-].